The van der Waals surface area contributed by atoms with E-state index in [1.165, 1.54) is 13.8 Å². The highest BCUT2D eigenvalue weighted by Gasteiger charge is 2.22. The molecule has 1 aromatic rings. The standard InChI is InChI=1S/C11H18FN3O2S/c1-5-6-13-11-9(12)7(2)14-10(15-11)8(3)18(4,16)17/h8H,5-6H2,1-4H3,(H,13,14,15). The average Bonchev–Trinajstić information content (AvgIpc) is 2.28. The number of hydrogen-bond donors (Lipinski definition) is 1. The average molecular weight is 275 g/mol. The molecule has 18 heavy (non-hydrogen) atoms. The van der Waals surface area contributed by atoms with E-state index in [0.717, 1.165) is 12.7 Å². The van der Waals surface area contributed by atoms with Crippen LogP contribution in [0.1, 0.15) is 37.0 Å². The van der Waals surface area contributed by atoms with E-state index in [-0.39, 0.29) is 17.3 Å². The number of nitrogens with zero attached hydrogens (tertiary/aromatic N) is 2. The van der Waals surface area contributed by atoms with Crippen LogP contribution in [0.5, 0.6) is 0 Å². The first kappa shape index (κ1) is 14.8. The molecule has 0 spiro atoms. The second kappa shape index (κ2) is 5.60. The Morgan fingerprint density at radius 2 is 2.00 bits per heavy atom. The SMILES string of the molecule is CCCNc1nc(C(C)S(C)(=O)=O)nc(C)c1F. The van der Waals surface area contributed by atoms with E-state index in [2.05, 4.69) is 15.3 Å². The van der Waals surface area contributed by atoms with Crippen molar-refractivity contribution in [2.75, 3.05) is 18.1 Å². The number of rotatable bonds is 5. The molecule has 0 aliphatic rings. The van der Waals surface area contributed by atoms with Crippen molar-refractivity contribution in [3.63, 3.8) is 0 Å². The molecule has 0 radical (unpaired) electrons. The highest BCUT2D eigenvalue weighted by Crippen LogP contribution is 2.21. The zero-order valence-electron chi connectivity index (χ0n) is 11.0. The maximum absolute atomic E-state index is 13.7. The highest BCUT2D eigenvalue weighted by atomic mass is 32.2. The van der Waals surface area contributed by atoms with Crippen LogP contribution in [0, 0.1) is 12.7 Å². The van der Waals surface area contributed by atoms with E-state index in [4.69, 9.17) is 0 Å². The van der Waals surface area contributed by atoms with Gasteiger partial charge in [-0.15, -0.1) is 0 Å². The summed E-state index contributed by atoms with van der Waals surface area (Å²) < 4.78 is 36.6. The van der Waals surface area contributed by atoms with Crippen LogP contribution in [-0.2, 0) is 9.84 Å². The van der Waals surface area contributed by atoms with Gasteiger partial charge in [0.15, 0.2) is 21.5 Å². The van der Waals surface area contributed by atoms with Crippen molar-refractivity contribution >= 4 is 15.7 Å². The van der Waals surface area contributed by atoms with Gasteiger partial charge in [-0.25, -0.2) is 22.8 Å². The Hall–Kier alpha value is -1.24. The molecule has 1 heterocycles. The summed E-state index contributed by atoms with van der Waals surface area (Å²) in [5, 5.41) is 1.98. The fourth-order valence-corrected chi connectivity index (χ4v) is 1.80. The van der Waals surface area contributed by atoms with E-state index in [1.54, 1.807) is 0 Å². The molecule has 1 N–H and O–H groups in total. The van der Waals surface area contributed by atoms with Crippen LogP contribution in [0.2, 0.25) is 0 Å². The zero-order chi connectivity index (χ0) is 13.9. The van der Waals surface area contributed by atoms with E-state index in [9.17, 15) is 12.8 Å². The maximum Gasteiger partial charge on any atom is 0.186 e. The summed E-state index contributed by atoms with van der Waals surface area (Å²) in [4.78, 5) is 7.86. The first-order valence-electron chi connectivity index (χ1n) is 5.74. The summed E-state index contributed by atoms with van der Waals surface area (Å²) in [6.07, 6.45) is 1.93. The quantitative estimate of drug-likeness (QED) is 0.888. The van der Waals surface area contributed by atoms with Crippen LogP contribution < -0.4 is 5.32 Å². The molecule has 0 aliphatic carbocycles. The Kier molecular flexibility index (Phi) is 4.61. The van der Waals surface area contributed by atoms with Crippen molar-refractivity contribution in [1.82, 2.24) is 9.97 Å². The normalized spacial score (nSPS) is 13.4. The van der Waals surface area contributed by atoms with Crippen molar-refractivity contribution in [3.05, 3.63) is 17.3 Å². The maximum atomic E-state index is 13.7. The number of halogens is 1. The second-order valence-corrected chi connectivity index (χ2v) is 6.59. The van der Waals surface area contributed by atoms with E-state index < -0.39 is 20.9 Å². The molecule has 1 aromatic heterocycles. The topological polar surface area (TPSA) is 72.0 Å². The predicted octanol–water partition coefficient (Wildman–Crippen LogP) is 1.85. The van der Waals surface area contributed by atoms with Gasteiger partial charge < -0.3 is 5.32 Å². The zero-order valence-corrected chi connectivity index (χ0v) is 11.8. The molecule has 0 fully saturated rings. The first-order chi connectivity index (χ1) is 8.27. The molecule has 1 rings (SSSR count). The van der Waals surface area contributed by atoms with Gasteiger partial charge in [-0.1, -0.05) is 6.92 Å². The number of aromatic nitrogens is 2. The Morgan fingerprint density at radius 3 is 2.50 bits per heavy atom. The van der Waals surface area contributed by atoms with Crippen LogP contribution in [0.15, 0.2) is 0 Å². The smallest absolute Gasteiger partial charge is 0.186 e. The van der Waals surface area contributed by atoms with Gasteiger partial charge in [0.05, 0.1) is 5.69 Å². The van der Waals surface area contributed by atoms with Gasteiger partial charge in [-0.3, -0.25) is 0 Å². The molecule has 102 valence electrons. The molecule has 0 saturated heterocycles. The third kappa shape index (κ3) is 3.38. The highest BCUT2D eigenvalue weighted by molar-refractivity contribution is 7.90. The van der Waals surface area contributed by atoms with Crippen molar-refractivity contribution < 1.29 is 12.8 Å². The van der Waals surface area contributed by atoms with Crippen molar-refractivity contribution in [2.45, 2.75) is 32.4 Å². The minimum absolute atomic E-state index is 0.0647. The lowest BCUT2D eigenvalue weighted by Crippen LogP contribution is -2.15. The molecular weight excluding hydrogens is 257 g/mol. The van der Waals surface area contributed by atoms with Crippen LogP contribution in [0.3, 0.4) is 0 Å². The Labute approximate surface area is 107 Å². The lowest BCUT2D eigenvalue weighted by molar-refractivity contribution is 0.581. The van der Waals surface area contributed by atoms with Crippen molar-refractivity contribution in [1.29, 1.82) is 0 Å². The van der Waals surface area contributed by atoms with Gasteiger partial charge in [0.2, 0.25) is 0 Å². The molecule has 0 aliphatic heterocycles. The fraction of sp³-hybridized carbons (Fsp3) is 0.636. The lowest BCUT2D eigenvalue weighted by atomic mass is 10.3. The van der Waals surface area contributed by atoms with Gasteiger partial charge in [-0.2, -0.15) is 0 Å². The lowest BCUT2D eigenvalue weighted by Gasteiger charge is -2.12. The number of sulfone groups is 1. The summed E-state index contributed by atoms with van der Waals surface area (Å²) in [5.74, 6) is -0.349. The molecule has 7 heteroatoms. The van der Waals surface area contributed by atoms with Crippen LogP contribution in [0.25, 0.3) is 0 Å². The van der Waals surface area contributed by atoms with Crippen molar-refractivity contribution in [2.24, 2.45) is 0 Å². The Bertz CT molecular complexity index is 531. The number of nitrogens with one attached hydrogen (secondary N) is 1. The monoisotopic (exact) mass is 275 g/mol. The van der Waals surface area contributed by atoms with Gasteiger partial charge in [0.25, 0.3) is 0 Å². The number of aryl methyl sites for hydroxylation is 1. The molecule has 0 aromatic carbocycles. The van der Waals surface area contributed by atoms with Crippen LogP contribution in [0.4, 0.5) is 10.2 Å². The third-order valence-corrected chi connectivity index (χ3v) is 4.08. The molecular formula is C11H18FN3O2S. The molecule has 0 saturated carbocycles. The van der Waals surface area contributed by atoms with E-state index in [1.807, 2.05) is 6.92 Å². The fourth-order valence-electron chi connectivity index (χ4n) is 1.31. The van der Waals surface area contributed by atoms with Crippen molar-refractivity contribution in [3.8, 4) is 0 Å². The molecule has 1 unspecified atom stereocenters. The molecule has 5 nitrogen and oxygen atoms in total. The molecule has 1 atom stereocenters. The largest absolute Gasteiger partial charge is 0.368 e. The molecule has 0 amide bonds. The number of hydrogen-bond acceptors (Lipinski definition) is 5. The third-order valence-electron chi connectivity index (χ3n) is 2.58. The minimum atomic E-state index is -3.30. The van der Waals surface area contributed by atoms with Gasteiger partial charge in [0.1, 0.15) is 11.1 Å². The van der Waals surface area contributed by atoms with E-state index in [0.29, 0.717) is 6.54 Å². The van der Waals surface area contributed by atoms with Crippen LogP contribution in [-0.4, -0.2) is 31.2 Å². The first-order valence-corrected chi connectivity index (χ1v) is 7.69. The van der Waals surface area contributed by atoms with Gasteiger partial charge >= 0.3 is 0 Å². The summed E-state index contributed by atoms with van der Waals surface area (Å²) >= 11 is 0. The number of anilines is 1. The summed E-state index contributed by atoms with van der Waals surface area (Å²) in [7, 11) is -3.30. The predicted molar refractivity (Wildman–Crippen MR) is 68.8 cm³/mol. The summed E-state index contributed by atoms with van der Waals surface area (Å²) in [5.41, 5.74) is 0.147. The summed E-state index contributed by atoms with van der Waals surface area (Å²) in [6.45, 7) is 5.50. The Morgan fingerprint density at radius 1 is 1.39 bits per heavy atom. The summed E-state index contributed by atoms with van der Waals surface area (Å²) in [6, 6.07) is 0. The Balaban J connectivity index is 3.19. The minimum Gasteiger partial charge on any atom is -0.368 e. The van der Waals surface area contributed by atoms with E-state index >= 15 is 0 Å². The van der Waals surface area contributed by atoms with Gasteiger partial charge in [0, 0.05) is 12.8 Å². The second-order valence-electron chi connectivity index (χ2n) is 4.23. The van der Waals surface area contributed by atoms with Crippen LogP contribution >= 0.6 is 0 Å². The molecule has 0 bridgehead atoms. The van der Waals surface area contributed by atoms with Gasteiger partial charge in [-0.05, 0) is 20.3 Å².